The lowest BCUT2D eigenvalue weighted by Gasteiger charge is -2.14. The Hall–Kier alpha value is -2.69. The summed E-state index contributed by atoms with van der Waals surface area (Å²) in [6, 6.07) is 16.0. The summed E-state index contributed by atoms with van der Waals surface area (Å²) in [7, 11) is 4.99. The zero-order chi connectivity index (χ0) is 16.5. The summed E-state index contributed by atoms with van der Waals surface area (Å²) in [5, 5.41) is 6.54. The summed E-state index contributed by atoms with van der Waals surface area (Å²) in [5.41, 5.74) is 2.18. The van der Waals surface area contributed by atoms with Crippen LogP contribution >= 0.6 is 0 Å². The Kier molecular flexibility index (Phi) is 6.29. The number of hydrogen-bond acceptors (Lipinski definition) is 3. The van der Waals surface area contributed by atoms with Crippen molar-refractivity contribution in [2.45, 2.75) is 6.42 Å². The highest BCUT2D eigenvalue weighted by molar-refractivity contribution is 5.93. The molecule has 0 radical (unpaired) electrons. The minimum atomic E-state index is 0.678. The van der Waals surface area contributed by atoms with Gasteiger partial charge in [-0.3, -0.25) is 4.99 Å². The summed E-state index contributed by atoms with van der Waals surface area (Å²) in [6.07, 6.45) is 0.938. The van der Waals surface area contributed by atoms with Gasteiger partial charge in [-0.05, 0) is 24.1 Å². The first kappa shape index (κ1) is 16.7. The molecule has 0 unspecified atom stereocenters. The van der Waals surface area contributed by atoms with Gasteiger partial charge in [0.05, 0.1) is 14.2 Å². The van der Waals surface area contributed by atoms with E-state index in [2.05, 4.69) is 27.8 Å². The number of nitrogens with one attached hydrogen (secondary N) is 2. The molecule has 0 fully saturated rings. The van der Waals surface area contributed by atoms with Crippen LogP contribution < -0.4 is 20.1 Å². The van der Waals surface area contributed by atoms with E-state index in [4.69, 9.17) is 9.47 Å². The van der Waals surface area contributed by atoms with E-state index in [-0.39, 0.29) is 0 Å². The molecule has 0 saturated carbocycles. The number of anilines is 1. The Morgan fingerprint density at radius 2 is 1.74 bits per heavy atom. The van der Waals surface area contributed by atoms with Crippen molar-refractivity contribution in [3.8, 4) is 11.5 Å². The standard InChI is InChI=1S/C18H23N3O2/c1-19-18(20-12-11-14-7-5-4-6-8-14)21-15-9-10-16(22-2)17(13-15)23-3/h4-10,13H,11-12H2,1-3H3,(H2,19,20,21). The van der Waals surface area contributed by atoms with Crippen LogP contribution in [0.5, 0.6) is 11.5 Å². The predicted molar refractivity (Wildman–Crippen MR) is 94.7 cm³/mol. The van der Waals surface area contributed by atoms with Gasteiger partial charge < -0.3 is 20.1 Å². The van der Waals surface area contributed by atoms with Gasteiger partial charge in [0.25, 0.3) is 0 Å². The third kappa shape index (κ3) is 4.92. The average Bonchev–Trinajstić information content (AvgIpc) is 2.61. The van der Waals surface area contributed by atoms with Gasteiger partial charge in [-0.15, -0.1) is 0 Å². The second-order valence-electron chi connectivity index (χ2n) is 4.93. The highest BCUT2D eigenvalue weighted by Crippen LogP contribution is 2.29. The highest BCUT2D eigenvalue weighted by Gasteiger charge is 2.06. The Balaban J connectivity index is 1.92. The fourth-order valence-corrected chi connectivity index (χ4v) is 2.20. The smallest absolute Gasteiger partial charge is 0.195 e. The van der Waals surface area contributed by atoms with E-state index in [1.165, 1.54) is 5.56 Å². The first-order chi connectivity index (χ1) is 11.3. The SMILES string of the molecule is CN=C(NCCc1ccccc1)Nc1ccc(OC)c(OC)c1. The molecule has 2 aromatic rings. The molecule has 2 rings (SSSR count). The van der Waals surface area contributed by atoms with Crippen molar-refractivity contribution in [3.05, 3.63) is 54.1 Å². The van der Waals surface area contributed by atoms with E-state index in [9.17, 15) is 0 Å². The Morgan fingerprint density at radius 1 is 1.00 bits per heavy atom. The number of hydrogen-bond donors (Lipinski definition) is 2. The molecule has 0 aliphatic heterocycles. The zero-order valence-corrected chi connectivity index (χ0v) is 13.8. The van der Waals surface area contributed by atoms with Gasteiger partial charge in [0.2, 0.25) is 0 Å². The Labute approximate surface area is 137 Å². The average molecular weight is 313 g/mol. The first-order valence-electron chi connectivity index (χ1n) is 7.50. The summed E-state index contributed by atoms with van der Waals surface area (Å²) in [4.78, 5) is 4.23. The van der Waals surface area contributed by atoms with Crippen molar-refractivity contribution >= 4 is 11.6 Å². The second-order valence-corrected chi connectivity index (χ2v) is 4.93. The molecule has 0 amide bonds. The number of methoxy groups -OCH3 is 2. The third-order valence-electron chi connectivity index (χ3n) is 3.42. The van der Waals surface area contributed by atoms with Crippen molar-refractivity contribution < 1.29 is 9.47 Å². The molecule has 0 saturated heterocycles. The van der Waals surface area contributed by atoms with Crippen molar-refractivity contribution in [1.82, 2.24) is 5.32 Å². The summed E-state index contributed by atoms with van der Waals surface area (Å²) < 4.78 is 10.5. The fraction of sp³-hybridized carbons (Fsp3) is 0.278. The van der Waals surface area contributed by atoms with Crippen molar-refractivity contribution in [1.29, 1.82) is 0 Å². The number of guanidine groups is 1. The van der Waals surface area contributed by atoms with E-state index in [0.717, 1.165) is 18.7 Å². The van der Waals surface area contributed by atoms with E-state index in [1.54, 1.807) is 21.3 Å². The molecule has 23 heavy (non-hydrogen) atoms. The van der Waals surface area contributed by atoms with Crippen molar-refractivity contribution in [2.75, 3.05) is 33.1 Å². The second kappa shape index (κ2) is 8.68. The zero-order valence-electron chi connectivity index (χ0n) is 13.8. The Morgan fingerprint density at radius 3 is 2.39 bits per heavy atom. The van der Waals surface area contributed by atoms with E-state index in [1.807, 2.05) is 36.4 Å². The predicted octanol–water partition coefficient (Wildman–Crippen LogP) is 2.93. The van der Waals surface area contributed by atoms with Gasteiger partial charge in [-0.1, -0.05) is 30.3 Å². The van der Waals surface area contributed by atoms with Gasteiger partial charge in [0, 0.05) is 25.3 Å². The van der Waals surface area contributed by atoms with Crippen LogP contribution in [-0.2, 0) is 6.42 Å². The lowest BCUT2D eigenvalue weighted by atomic mass is 10.1. The lowest BCUT2D eigenvalue weighted by molar-refractivity contribution is 0.355. The van der Waals surface area contributed by atoms with E-state index in [0.29, 0.717) is 17.5 Å². The molecular weight excluding hydrogens is 290 g/mol. The molecular formula is C18H23N3O2. The van der Waals surface area contributed by atoms with Gasteiger partial charge in [-0.2, -0.15) is 0 Å². The molecule has 0 aromatic heterocycles. The van der Waals surface area contributed by atoms with Crippen LogP contribution in [-0.4, -0.2) is 33.8 Å². The number of rotatable bonds is 6. The molecule has 5 nitrogen and oxygen atoms in total. The summed E-state index contributed by atoms with van der Waals surface area (Å²) >= 11 is 0. The maximum atomic E-state index is 5.31. The van der Waals surface area contributed by atoms with Gasteiger partial charge >= 0.3 is 0 Å². The molecule has 122 valence electrons. The molecule has 0 atom stereocenters. The number of benzene rings is 2. The van der Waals surface area contributed by atoms with Crippen LogP contribution in [0.2, 0.25) is 0 Å². The molecule has 0 aliphatic carbocycles. The normalized spacial score (nSPS) is 11.0. The number of ether oxygens (including phenoxy) is 2. The van der Waals surface area contributed by atoms with Gasteiger partial charge in [0.15, 0.2) is 17.5 Å². The summed E-state index contributed by atoms with van der Waals surface area (Å²) in [5.74, 6) is 2.09. The first-order valence-corrected chi connectivity index (χ1v) is 7.50. The van der Waals surface area contributed by atoms with Crippen molar-refractivity contribution in [3.63, 3.8) is 0 Å². The van der Waals surface area contributed by atoms with Gasteiger partial charge in [0.1, 0.15) is 0 Å². The van der Waals surface area contributed by atoms with E-state index >= 15 is 0 Å². The monoisotopic (exact) mass is 313 g/mol. The largest absolute Gasteiger partial charge is 0.493 e. The molecule has 0 bridgehead atoms. The molecule has 0 heterocycles. The van der Waals surface area contributed by atoms with Gasteiger partial charge in [-0.25, -0.2) is 0 Å². The van der Waals surface area contributed by atoms with E-state index < -0.39 is 0 Å². The summed E-state index contributed by atoms with van der Waals surface area (Å²) in [6.45, 7) is 0.803. The third-order valence-corrected chi connectivity index (χ3v) is 3.42. The maximum Gasteiger partial charge on any atom is 0.195 e. The van der Waals surface area contributed by atoms with Crippen LogP contribution in [0.1, 0.15) is 5.56 Å². The number of aliphatic imine (C=N–C) groups is 1. The van der Waals surface area contributed by atoms with Crippen LogP contribution in [0.25, 0.3) is 0 Å². The highest BCUT2D eigenvalue weighted by atomic mass is 16.5. The van der Waals surface area contributed by atoms with Crippen LogP contribution in [0, 0.1) is 0 Å². The Bertz CT molecular complexity index is 642. The quantitative estimate of drug-likeness (QED) is 0.636. The number of nitrogens with zero attached hydrogens (tertiary/aromatic N) is 1. The van der Waals surface area contributed by atoms with Crippen molar-refractivity contribution in [2.24, 2.45) is 4.99 Å². The maximum absolute atomic E-state index is 5.31. The minimum Gasteiger partial charge on any atom is -0.493 e. The van der Waals surface area contributed by atoms with Crippen LogP contribution in [0.3, 0.4) is 0 Å². The molecule has 0 aliphatic rings. The fourth-order valence-electron chi connectivity index (χ4n) is 2.20. The lowest BCUT2D eigenvalue weighted by Crippen LogP contribution is -2.32. The van der Waals surface area contributed by atoms with Crippen LogP contribution in [0.4, 0.5) is 5.69 Å². The molecule has 2 aromatic carbocycles. The minimum absolute atomic E-state index is 0.678. The molecule has 2 N–H and O–H groups in total. The molecule has 5 heteroatoms. The van der Waals surface area contributed by atoms with Crippen LogP contribution in [0.15, 0.2) is 53.5 Å². The molecule has 0 spiro atoms. The topological polar surface area (TPSA) is 54.9 Å².